The Labute approximate surface area is 157 Å². The minimum atomic E-state index is -4.68. The van der Waals surface area contributed by atoms with Gasteiger partial charge in [0.25, 0.3) is 0 Å². The quantitative estimate of drug-likeness (QED) is 0.399. The van der Waals surface area contributed by atoms with Crippen molar-refractivity contribution in [2.24, 2.45) is 4.99 Å². The van der Waals surface area contributed by atoms with E-state index in [1.165, 1.54) is 6.07 Å². The first-order chi connectivity index (χ1) is 10.8. The van der Waals surface area contributed by atoms with Gasteiger partial charge in [0.15, 0.2) is 5.96 Å². The van der Waals surface area contributed by atoms with E-state index in [9.17, 15) is 13.2 Å². The lowest BCUT2D eigenvalue weighted by molar-refractivity contribution is -0.274. The van der Waals surface area contributed by atoms with Crippen molar-refractivity contribution >= 4 is 29.9 Å². The molecule has 1 fully saturated rings. The summed E-state index contributed by atoms with van der Waals surface area (Å²) in [7, 11) is 0. The number of aliphatic imine (C=N–C) groups is 1. The van der Waals surface area contributed by atoms with E-state index in [-0.39, 0.29) is 47.7 Å². The third-order valence-electron chi connectivity index (χ3n) is 3.40. The number of benzene rings is 1. The van der Waals surface area contributed by atoms with E-state index in [2.05, 4.69) is 20.4 Å². The maximum Gasteiger partial charge on any atom is 0.573 e. The second-order valence-electron chi connectivity index (χ2n) is 5.80. The SMILES string of the molecule is CCN=C(NC(C)C)NC1CC1c1ccccc1OC(F)(F)F.I. The van der Waals surface area contributed by atoms with Gasteiger partial charge in [-0.15, -0.1) is 37.1 Å². The summed E-state index contributed by atoms with van der Waals surface area (Å²) in [5.74, 6) is 0.550. The fraction of sp³-hybridized carbons (Fsp3) is 0.562. The highest BCUT2D eigenvalue weighted by atomic mass is 127. The van der Waals surface area contributed by atoms with E-state index in [1.807, 2.05) is 20.8 Å². The maximum absolute atomic E-state index is 12.5. The van der Waals surface area contributed by atoms with Crippen molar-refractivity contribution in [3.05, 3.63) is 29.8 Å². The van der Waals surface area contributed by atoms with Gasteiger partial charge in [0.2, 0.25) is 0 Å². The van der Waals surface area contributed by atoms with Crippen LogP contribution in [0, 0.1) is 0 Å². The van der Waals surface area contributed by atoms with E-state index < -0.39 is 6.36 Å². The molecule has 2 unspecified atom stereocenters. The van der Waals surface area contributed by atoms with Crippen LogP contribution in [-0.2, 0) is 0 Å². The molecule has 0 aliphatic heterocycles. The standard InChI is InChI=1S/C16H22F3N3O.HI/c1-4-20-15(21-10(2)3)22-13-9-12(13)11-7-5-6-8-14(11)23-16(17,18)19;/h5-8,10,12-13H,4,9H2,1-3H3,(H2,20,21,22);1H. The van der Waals surface area contributed by atoms with E-state index in [1.54, 1.807) is 18.2 Å². The van der Waals surface area contributed by atoms with Gasteiger partial charge in [0.1, 0.15) is 5.75 Å². The van der Waals surface area contributed by atoms with Gasteiger partial charge in [-0.1, -0.05) is 18.2 Å². The molecule has 0 spiro atoms. The Morgan fingerprint density at radius 2 is 2.00 bits per heavy atom. The van der Waals surface area contributed by atoms with Gasteiger partial charge in [0, 0.05) is 24.5 Å². The first kappa shape index (κ1) is 20.9. The molecule has 24 heavy (non-hydrogen) atoms. The highest BCUT2D eigenvalue weighted by Crippen LogP contribution is 2.45. The number of para-hydroxylation sites is 1. The second-order valence-corrected chi connectivity index (χ2v) is 5.80. The highest BCUT2D eigenvalue weighted by molar-refractivity contribution is 14.0. The molecule has 0 saturated heterocycles. The lowest BCUT2D eigenvalue weighted by Gasteiger charge is -2.16. The van der Waals surface area contributed by atoms with Gasteiger partial charge in [0.05, 0.1) is 0 Å². The van der Waals surface area contributed by atoms with Crippen LogP contribution in [0.4, 0.5) is 13.2 Å². The summed E-state index contributed by atoms with van der Waals surface area (Å²) in [4.78, 5) is 4.34. The topological polar surface area (TPSA) is 45.7 Å². The van der Waals surface area contributed by atoms with Crippen LogP contribution in [0.5, 0.6) is 5.75 Å². The fourth-order valence-corrected chi connectivity index (χ4v) is 2.44. The summed E-state index contributed by atoms with van der Waals surface area (Å²) in [5.41, 5.74) is 0.572. The molecule has 1 saturated carbocycles. The van der Waals surface area contributed by atoms with Gasteiger partial charge in [-0.25, -0.2) is 0 Å². The molecule has 0 heterocycles. The minimum Gasteiger partial charge on any atom is -0.405 e. The average Bonchev–Trinajstić information content (AvgIpc) is 3.16. The number of rotatable bonds is 5. The van der Waals surface area contributed by atoms with Crippen molar-refractivity contribution in [2.45, 2.75) is 51.6 Å². The number of nitrogens with zero attached hydrogens (tertiary/aromatic N) is 1. The number of ether oxygens (including phenoxy) is 1. The number of nitrogens with one attached hydrogen (secondary N) is 2. The molecule has 0 aromatic heterocycles. The molecule has 0 amide bonds. The zero-order valence-corrected chi connectivity index (χ0v) is 16.2. The van der Waals surface area contributed by atoms with Crippen LogP contribution in [0.3, 0.4) is 0 Å². The van der Waals surface area contributed by atoms with Crippen molar-refractivity contribution in [2.75, 3.05) is 6.54 Å². The molecule has 2 rings (SSSR count). The normalized spacial score (nSPS) is 20.4. The van der Waals surface area contributed by atoms with E-state index in [4.69, 9.17) is 0 Å². The number of guanidine groups is 1. The molecule has 0 bridgehead atoms. The molecular formula is C16H23F3IN3O. The summed E-state index contributed by atoms with van der Waals surface area (Å²) >= 11 is 0. The average molecular weight is 457 g/mol. The van der Waals surface area contributed by atoms with Gasteiger partial charge in [-0.2, -0.15) is 0 Å². The summed E-state index contributed by atoms with van der Waals surface area (Å²) in [6, 6.07) is 6.59. The lowest BCUT2D eigenvalue weighted by atomic mass is 10.1. The van der Waals surface area contributed by atoms with E-state index >= 15 is 0 Å². The van der Waals surface area contributed by atoms with Gasteiger partial charge < -0.3 is 15.4 Å². The third-order valence-corrected chi connectivity index (χ3v) is 3.40. The minimum absolute atomic E-state index is 0. The molecule has 2 atom stereocenters. The van der Waals surface area contributed by atoms with Crippen LogP contribution in [0.1, 0.15) is 38.7 Å². The summed E-state index contributed by atoms with van der Waals surface area (Å²) in [5, 5.41) is 6.47. The first-order valence-electron chi connectivity index (χ1n) is 7.72. The van der Waals surface area contributed by atoms with Crippen LogP contribution in [0.25, 0.3) is 0 Å². The Bertz CT molecular complexity index is 564. The Morgan fingerprint density at radius 3 is 2.58 bits per heavy atom. The van der Waals surface area contributed by atoms with Gasteiger partial charge >= 0.3 is 6.36 Å². The number of halogens is 4. The van der Waals surface area contributed by atoms with E-state index in [0.717, 1.165) is 6.42 Å². The predicted molar refractivity (Wildman–Crippen MR) is 99.1 cm³/mol. The summed E-state index contributed by atoms with van der Waals surface area (Å²) in [6.45, 7) is 6.57. The molecule has 8 heteroatoms. The molecule has 1 aromatic carbocycles. The first-order valence-corrected chi connectivity index (χ1v) is 7.72. The fourth-order valence-electron chi connectivity index (χ4n) is 2.44. The molecule has 1 aromatic rings. The number of alkyl halides is 3. The lowest BCUT2D eigenvalue weighted by Crippen LogP contribution is -2.42. The smallest absolute Gasteiger partial charge is 0.405 e. The van der Waals surface area contributed by atoms with Crippen LogP contribution in [0.2, 0.25) is 0 Å². The molecule has 1 aliphatic rings. The summed E-state index contributed by atoms with van der Waals surface area (Å²) < 4.78 is 41.6. The monoisotopic (exact) mass is 457 g/mol. The molecule has 1 aliphatic carbocycles. The maximum atomic E-state index is 12.5. The molecular weight excluding hydrogens is 434 g/mol. The van der Waals surface area contributed by atoms with Crippen molar-refractivity contribution in [1.29, 1.82) is 0 Å². The highest BCUT2D eigenvalue weighted by Gasteiger charge is 2.42. The van der Waals surface area contributed by atoms with Gasteiger partial charge in [-0.05, 0) is 38.8 Å². The zero-order chi connectivity index (χ0) is 17.0. The largest absolute Gasteiger partial charge is 0.573 e. The van der Waals surface area contributed by atoms with Crippen LogP contribution in [-0.4, -0.2) is 31.0 Å². The predicted octanol–water partition coefficient (Wildman–Crippen LogP) is 4.02. The van der Waals surface area contributed by atoms with E-state index in [0.29, 0.717) is 18.1 Å². The Hall–Kier alpha value is -1.19. The van der Waals surface area contributed by atoms with Crippen molar-refractivity contribution < 1.29 is 17.9 Å². The van der Waals surface area contributed by atoms with Gasteiger partial charge in [-0.3, -0.25) is 4.99 Å². The molecule has 136 valence electrons. The molecule has 2 N–H and O–H groups in total. The number of hydrogen-bond donors (Lipinski definition) is 2. The number of hydrogen-bond acceptors (Lipinski definition) is 2. The van der Waals surface area contributed by atoms with Crippen molar-refractivity contribution in [1.82, 2.24) is 10.6 Å². The van der Waals surface area contributed by atoms with Crippen LogP contribution in [0.15, 0.2) is 29.3 Å². The summed E-state index contributed by atoms with van der Waals surface area (Å²) in [6.07, 6.45) is -3.93. The Morgan fingerprint density at radius 1 is 1.33 bits per heavy atom. The van der Waals surface area contributed by atoms with Crippen molar-refractivity contribution in [3.8, 4) is 5.75 Å². The van der Waals surface area contributed by atoms with Crippen LogP contribution < -0.4 is 15.4 Å². The molecule has 4 nitrogen and oxygen atoms in total. The second kappa shape index (κ2) is 8.77. The zero-order valence-electron chi connectivity index (χ0n) is 13.9. The van der Waals surface area contributed by atoms with Crippen LogP contribution >= 0.6 is 24.0 Å². The van der Waals surface area contributed by atoms with Crippen molar-refractivity contribution in [3.63, 3.8) is 0 Å². The Kier molecular flexibility index (Phi) is 7.62. The third kappa shape index (κ3) is 6.37. The Balaban J connectivity index is 0.00000288. The molecule has 0 radical (unpaired) electrons.